The van der Waals surface area contributed by atoms with Crippen molar-refractivity contribution in [3.63, 3.8) is 0 Å². The number of nitrogens with zero attached hydrogens (tertiary/aromatic N) is 2. The largest absolute Gasteiger partial charge is 0.382 e. The van der Waals surface area contributed by atoms with Gasteiger partial charge in [-0.3, -0.25) is 4.79 Å². The van der Waals surface area contributed by atoms with Gasteiger partial charge in [0.1, 0.15) is 6.54 Å². The minimum Gasteiger partial charge on any atom is -0.382 e. The van der Waals surface area contributed by atoms with Crippen molar-refractivity contribution < 1.29 is 13.2 Å². The predicted octanol–water partition coefficient (Wildman–Crippen LogP) is 4.16. The average Bonchev–Trinajstić information content (AvgIpc) is 2.82. The molecule has 2 atom stereocenters. The number of amides is 1. The van der Waals surface area contributed by atoms with E-state index >= 15 is 0 Å². The molecule has 7 nitrogen and oxygen atoms in total. The summed E-state index contributed by atoms with van der Waals surface area (Å²) in [7, 11) is -3.52. The Morgan fingerprint density at radius 3 is 2.70 bits per heavy atom. The van der Waals surface area contributed by atoms with E-state index in [1.54, 1.807) is 30.1 Å². The molecule has 2 N–H and O–H groups in total. The van der Waals surface area contributed by atoms with Gasteiger partial charge in [-0.15, -0.1) is 11.8 Å². The van der Waals surface area contributed by atoms with E-state index in [1.165, 1.54) is 0 Å². The fourth-order valence-corrected chi connectivity index (χ4v) is 6.66. The Balaban J connectivity index is 1.54. The fourth-order valence-electron chi connectivity index (χ4n) is 4.00. The number of nitriles is 1. The normalized spacial score (nSPS) is 18.3. The lowest BCUT2D eigenvalue weighted by Gasteiger charge is -2.30. The number of benzene rings is 1. The maximum Gasteiger partial charge on any atom is 0.224 e. The molecular weight excluding hydrogens is 480 g/mol. The molecule has 0 unspecified atom stereocenters. The third-order valence-electron chi connectivity index (χ3n) is 5.65. The molecule has 0 saturated heterocycles. The van der Waals surface area contributed by atoms with E-state index in [-0.39, 0.29) is 34.9 Å². The third-order valence-corrected chi connectivity index (χ3v) is 8.82. The highest BCUT2D eigenvalue weighted by atomic mass is 35.5. The maximum absolute atomic E-state index is 13.0. The molecule has 3 rings (SSSR count). The van der Waals surface area contributed by atoms with E-state index in [0.717, 1.165) is 29.2 Å². The second kappa shape index (κ2) is 12.3. The Morgan fingerprint density at radius 2 is 1.97 bits per heavy atom. The highest BCUT2D eigenvalue weighted by molar-refractivity contribution is 7.99. The number of halogens is 1. The van der Waals surface area contributed by atoms with Crippen LogP contribution in [0.25, 0.3) is 0 Å². The molecule has 1 heterocycles. The molecule has 0 spiro atoms. The molecule has 0 bridgehead atoms. The van der Waals surface area contributed by atoms with E-state index < -0.39 is 9.84 Å². The number of thioether (sulfide) groups is 1. The SMILES string of the molecule is N#CCNC(=O)[C@@H]1CCCC[C@H]1CS(=O)(=O)c1ccc(SCCNc2cccnc2Cl)cc1. The zero-order valence-corrected chi connectivity index (χ0v) is 20.6. The Bertz CT molecular complexity index is 1090. The molecule has 1 aromatic heterocycles. The van der Waals surface area contributed by atoms with Crippen LogP contribution in [0, 0.1) is 23.2 Å². The van der Waals surface area contributed by atoms with Crippen LogP contribution in [0.2, 0.25) is 5.15 Å². The average molecular weight is 507 g/mol. The van der Waals surface area contributed by atoms with Gasteiger partial charge < -0.3 is 10.6 Å². The van der Waals surface area contributed by atoms with Crippen molar-refractivity contribution in [2.45, 2.75) is 35.5 Å². The minimum atomic E-state index is -3.52. The van der Waals surface area contributed by atoms with Crippen molar-refractivity contribution in [1.29, 1.82) is 5.26 Å². The summed E-state index contributed by atoms with van der Waals surface area (Å²) >= 11 is 7.64. The molecular formula is C23H27ClN4O3S2. The standard InChI is InChI=1S/C23H27ClN4O3S2/c24-22-21(6-3-12-27-22)26-14-15-32-18-7-9-19(10-8-18)33(30,31)16-17-4-1-2-5-20(17)23(29)28-13-11-25/h3,6-10,12,17,20,26H,1-2,4-5,13-16H2,(H,28,29)/t17-,20+/m0/s1. The first-order valence-corrected chi connectivity index (χ1v) is 13.9. The van der Waals surface area contributed by atoms with Crippen LogP contribution in [0.5, 0.6) is 0 Å². The van der Waals surface area contributed by atoms with Gasteiger partial charge in [-0.1, -0.05) is 24.4 Å². The quantitative estimate of drug-likeness (QED) is 0.215. The highest BCUT2D eigenvalue weighted by Gasteiger charge is 2.34. The smallest absolute Gasteiger partial charge is 0.224 e. The number of anilines is 1. The van der Waals surface area contributed by atoms with Crippen LogP contribution in [0.1, 0.15) is 25.7 Å². The van der Waals surface area contributed by atoms with Gasteiger partial charge in [0, 0.05) is 29.3 Å². The van der Waals surface area contributed by atoms with E-state index in [0.29, 0.717) is 24.5 Å². The lowest BCUT2D eigenvalue weighted by Crippen LogP contribution is -2.39. The van der Waals surface area contributed by atoms with E-state index in [9.17, 15) is 13.2 Å². The molecule has 1 aromatic carbocycles. The van der Waals surface area contributed by atoms with E-state index in [1.807, 2.05) is 30.3 Å². The van der Waals surface area contributed by atoms with Crippen molar-refractivity contribution in [2.75, 3.05) is 29.9 Å². The Labute approximate surface area is 204 Å². The number of nitrogens with one attached hydrogen (secondary N) is 2. The number of sulfone groups is 1. The molecule has 10 heteroatoms. The second-order valence-corrected chi connectivity index (χ2v) is 11.5. The first-order chi connectivity index (χ1) is 15.9. The summed E-state index contributed by atoms with van der Waals surface area (Å²) in [6.07, 6.45) is 4.80. The van der Waals surface area contributed by atoms with E-state index in [4.69, 9.17) is 16.9 Å². The zero-order chi connectivity index (χ0) is 23.7. The maximum atomic E-state index is 13.0. The van der Waals surface area contributed by atoms with Crippen molar-refractivity contribution >= 4 is 44.8 Å². The Kier molecular flexibility index (Phi) is 9.41. The summed E-state index contributed by atoms with van der Waals surface area (Å²) in [4.78, 5) is 17.7. The minimum absolute atomic E-state index is 0.0556. The topological polar surface area (TPSA) is 112 Å². The first-order valence-electron chi connectivity index (χ1n) is 10.9. The van der Waals surface area contributed by atoms with Gasteiger partial charge in [-0.2, -0.15) is 5.26 Å². The molecule has 1 saturated carbocycles. The second-order valence-electron chi connectivity index (χ2n) is 7.90. The Hall–Kier alpha value is -2.28. The summed E-state index contributed by atoms with van der Waals surface area (Å²) in [5.41, 5.74) is 0.781. The summed E-state index contributed by atoms with van der Waals surface area (Å²) in [5.74, 6) is -0.0949. The zero-order valence-electron chi connectivity index (χ0n) is 18.2. The molecule has 176 valence electrons. The van der Waals surface area contributed by atoms with Crippen LogP contribution >= 0.6 is 23.4 Å². The Morgan fingerprint density at radius 1 is 1.21 bits per heavy atom. The molecule has 0 radical (unpaired) electrons. The monoisotopic (exact) mass is 506 g/mol. The van der Waals surface area contributed by atoms with Gasteiger partial charge in [-0.25, -0.2) is 13.4 Å². The van der Waals surface area contributed by atoms with Gasteiger partial charge >= 0.3 is 0 Å². The molecule has 1 amide bonds. The summed E-state index contributed by atoms with van der Waals surface area (Å²) in [6.45, 7) is 0.631. The van der Waals surface area contributed by atoms with Gasteiger partial charge in [0.25, 0.3) is 0 Å². The van der Waals surface area contributed by atoms with E-state index in [2.05, 4.69) is 15.6 Å². The number of pyridine rings is 1. The summed E-state index contributed by atoms with van der Waals surface area (Å²) < 4.78 is 26.0. The molecule has 2 aromatic rings. The van der Waals surface area contributed by atoms with Gasteiger partial charge in [0.15, 0.2) is 15.0 Å². The van der Waals surface area contributed by atoms with Crippen molar-refractivity contribution in [3.8, 4) is 6.07 Å². The summed E-state index contributed by atoms with van der Waals surface area (Å²) in [5, 5.41) is 14.9. The number of rotatable bonds is 10. The number of carbonyl (C=O) groups excluding carboxylic acids is 1. The molecule has 1 aliphatic carbocycles. The third kappa shape index (κ3) is 7.36. The van der Waals surface area contributed by atoms with Crippen molar-refractivity contribution in [2.24, 2.45) is 11.8 Å². The predicted molar refractivity (Wildman–Crippen MR) is 131 cm³/mol. The van der Waals surface area contributed by atoms with Gasteiger partial charge in [0.05, 0.1) is 22.4 Å². The lowest BCUT2D eigenvalue weighted by atomic mass is 9.80. The number of aromatic nitrogens is 1. The summed E-state index contributed by atoms with van der Waals surface area (Å²) in [6, 6.07) is 12.5. The van der Waals surface area contributed by atoms with Crippen LogP contribution in [0.4, 0.5) is 5.69 Å². The molecule has 33 heavy (non-hydrogen) atoms. The van der Waals surface area contributed by atoms with Crippen LogP contribution in [0.3, 0.4) is 0 Å². The lowest BCUT2D eigenvalue weighted by molar-refractivity contribution is -0.127. The molecule has 1 aliphatic rings. The van der Waals surface area contributed by atoms with Crippen molar-refractivity contribution in [1.82, 2.24) is 10.3 Å². The van der Waals surface area contributed by atoms with Crippen LogP contribution in [-0.4, -0.2) is 43.9 Å². The van der Waals surface area contributed by atoms with Crippen LogP contribution in [0.15, 0.2) is 52.4 Å². The number of hydrogen-bond acceptors (Lipinski definition) is 7. The highest BCUT2D eigenvalue weighted by Crippen LogP contribution is 2.33. The van der Waals surface area contributed by atoms with Crippen LogP contribution < -0.4 is 10.6 Å². The van der Waals surface area contributed by atoms with Crippen LogP contribution in [-0.2, 0) is 14.6 Å². The van der Waals surface area contributed by atoms with Crippen molar-refractivity contribution in [3.05, 3.63) is 47.7 Å². The molecule has 0 aliphatic heterocycles. The number of carbonyl (C=O) groups is 1. The molecule has 1 fully saturated rings. The fraction of sp³-hybridized carbons (Fsp3) is 0.435. The first kappa shape index (κ1) is 25.3. The van der Waals surface area contributed by atoms with Gasteiger partial charge in [0.2, 0.25) is 5.91 Å². The van der Waals surface area contributed by atoms with Gasteiger partial charge in [-0.05, 0) is 55.2 Å². The number of hydrogen-bond donors (Lipinski definition) is 2.